The SMILES string of the molecule is Clc1ccccc1OCc1cc(Br)cc2c1OCC2. The summed E-state index contributed by atoms with van der Waals surface area (Å²) in [6.45, 7) is 1.19. The molecule has 0 aliphatic carbocycles. The second-order valence-corrected chi connectivity index (χ2v) is 5.69. The molecule has 0 N–H and O–H groups in total. The van der Waals surface area contributed by atoms with Crippen LogP contribution in [0, 0.1) is 0 Å². The topological polar surface area (TPSA) is 18.5 Å². The molecule has 1 aliphatic rings. The molecule has 1 heterocycles. The Morgan fingerprint density at radius 2 is 2.11 bits per heavy atom. The molecule has 0 unspecified atom stereocenters. The second kappa shape index (κ2) is 5.43. The normalized spacial score (nSPS) is 12.9. The van der Waals surface area contributed by atoms with Crippen molar-refractivity contribution in [3.05, 3.63) is 57.0 Å². The van der Waals surface area contributed by atoms with E-state index in [9.17, 15) is 0 Å². The second-order valence-electron chi connectivity index (χ2n) is 4.37. The highest BCUT2D eigenvalue weighted by Crippen LogP contribution is 2.34. The third kappa shape index (κ3) is 2.72. The zero-order valence-corrected chi connectivity index (χ0v) is 12.5. The van der Waals surface area contributed by atoms with Crippen LogP contribution in [0.15, 0.2) is 40.9 Å². The summed E-state index contributed by atoms with van der Waals surface area (Å²) < 4.78 is 12.5. The minimum Gasteiger partial charge on any atom is -0.493 e. The van der Waals surface area contributed by atoms with Crippen LogP contribution < -0.4 is 9.47 Å². The zero-order valence-electron chi connectivity index (χ0n) is 10.2. The Morgan fingerprint density at radius 3 is 2.95 bits per heavy atom. The Kier molecular flexibility index (Phi) is 3.67. The minimum absolute atomic E-state index is 0.450. The van der Waals surface area contributed by atoms with Crippen LogP contribution in [-0.4, -0.2) is 6.61 Å². The van der Waals surface area contributed by atoms with Gasteiger partial charge < -0.3 is 9.47 Å². The van der Waals surface area contributed by atoms with E-state index in [1.165, 1.54) is 5.56 Å². The molecule has 0 aromatic heterocycles. The molecule has 0 fully saturated rings. The molecular formula is C15H12BrClO2. The van der Waals surface area contributed by atoms with E-state index in [0.717, 1.165) is 28.8 Å². The molecule has 0 saturated heterocycles. The van der Waals surface area contributed by atoms with E-state index in [4.69, 9.17) is 21.1 Å². The largest absolute Gasteiger partial charge is 0.493 e. The standard InChI is InChI=1S/C15H12BrClO2/c16-12-7-10-5-6-18-15(10)11(8-12)9-19-14-4-2-1-3-13(14)17/h1-4,7-8H,5-6,9H2. The summed E-state index contributed by atoms with van der Waals surface area (Å²) >= 11 is 9.59. The first-order valence-electron chi connectivity index (χ1n) is 6.05. The van der Waals surface area contributed by atoms with E-state index in [-0.39, 0.29) is 0 Å². The fourth-order valence-corrected chi connectivity index (χ4v) is 2.91. The maximum atomic E-state index is 6.07. The first-order chi connectivity index (χ1) is 9.24. The first-order valence-corrected chi connectivity index (χ1v) is 7.22. The molecule has 2 aromatic carbocycles. The van der Waals surface area contributed by atoms with Gasteiger partial charge in [-0.2, -0.15) is 0 Å². The highest BCUT2D eigenvalue weighted by molar-refractivity contribution is 9.10. The quantitative estimate of drug-likeness (QED) is 0.812. The van der Waals surface area contributed by atoms with E-state index in [2.05, 4.69) is 22.0 Å². The van der Waals surface area contributed by atoms with Gasteiger partial charge in [0.25, 0.3) is 0 Å². The monoisotopic (exact) mass is 338 g/mol. The summed E-state index contributed by atoms with van der Waals surface area (Å²) in [5.41, 5.74) is 2.27. The third-order valence-electron chi connectivity index (χ3n) is 3.05. The number of para-hydroxylation sites is 1. The molecule has 2 aromatic rings. The average molecular weight is 340 g/mol. The molecule has 0 bridgehead atoms. The molecule has 4 heteroatoms. The highest BCUT2D eigenvalue weighted by atomic mass is 79.9. The average Bonchev–Trinajstić information content (AvgIpc) is 2.85. The maximum absolute atomic E-state index is 6.07. The summed E-state index contributed by atoms with van der Waals surface area (Å²) in [7, 11) is 0. The minimum atomic E-state index is 0.450. The van der Waals surface area contributed by atoms with Gasteiger partial charge in [0.15, 0.2) is 0 Å². The van der Waals surface area contributed by atoms with Crippen molar-refractivity contribution in [3.8, 4) is 11.5 Å². The third-order valence-corrected chi connectivity index (χ3v) is 3.82. The van der Waals surface area contributed by atoms with Gasteiger partial charge in [-0.05, 0) is 29.8 Å². The molecule has 3 rings (SSSR count). The number of benzene rings is 2. The lowest BCUT2D eigenvalue weighted by Crippen LogP contribution is -1.99. The van der Waals surface area contributed by atoms with Gasteiger partial charge in [-0.25, -0.2) is 0 Å². The van der Waals surface area contributed by atoms with Crippen molar-refractivity contribution in [2.75, 3.05) is 6.61 Å². The molecule has 19 heavy (non-hydrogen) atoms. The predicted molar refractivity (Wildman–Crippen MR) is 79.1 cm³/mol. The van der Waals surface area contributed by atoms with Gasteiger partial charge >= 0.3 is 0 Å². The predicted octanol–water partition coefficient (Wildman–Crippen LogP) is 4.62. The lowest BCUT2D eigenvalue weighted by Gasteiger charge is -2.11. The van der Waals surface area contributed by atoms with E-state index in [1.807, 2.05) is 30.3 Å². The van der Waals surface area contributed by atoms with Crippen LogP contribution in [-0.2, 0) is 13.0 Å². The molecule has 0 spiro atoms. The lowest BCUT2D eigenvalue weighted by atomic mass is 10.1. The van der Waals surface area contributed by atoms with Crippen molar-refractivity contribution in [1.82, 2.24) is 0 Å². The molecule has 0 saturated carbocycles. The Bertz CT molecular complexity index is 613. The van der Waals surface area contributed by atoms with Gasteiger partial charge in [-0.15, -0.1) is 0 Å². The van der Waals surface area contributed by atoms with Crippen molar-refractivity contribution < 1.29 is 9.47 Å². The number of fused-ring (bicyclic) bond motifs is 1. The van der Waals surface area contributed by atoms with Gasteiger partial charge in [-0.1, -0.05) is 39.7 Å². The fraction of sp³-hybridized carbons (Fsp3) is 0.200. The Labute approximate surface area is 125 Å². The molecular weight excluding hydrogens is 328 g/mol. The number of ether oxygens (including phenoxy) is 2. The number of rotatable bonds is 3. The van der Waals surface area contributed by atoms with Crippen molar-refractivity contribution in [2.45, 2.75) is 13.0 Å². The van der Waals surface area contributed by atoms with Crippen LogP contribution in [0.1, 0.15) is 11.1 Å². The van der Waals surface area contributed by atoms with Gasteiger partial charge in [0.05, 0.1) is 11.6 Å². The van der Waals surface area contributed by atoms with E-state index in [0.29, 0.717) is 17.4 Å². The van der Waals surface area contributed by atoms with Crippen molar-refractivity contribution in [1.29, 1.82) is 0 Å². The van der Waals surface area contributed by atoms with Crippen LogP contribution in [0.3, 0.4) is 0 Å². The summed E-state index contributed by atoms with van der Waals surface area (Å²) in [6, 6.07) is 11.6. The van der Waals surface area contributed by atoms with Gasteiger partial charge in [0.2, 0.25) is 0 Å². The maximum Gasteiger partial charge on any atom is 0.138 e. The number of hydrogen-bond acceptors (Lipinski definition) is 2. The summed E-state index contributed by atoms with van der Waals surface area (Å²) in [5, 5.41) is 0.620. The number of halogens is 2. The highest BCUT2D eigenvalue weighted by Gasteiger charge is 2.17. The van der Waals surface area contributed by atoms with Crippen LogP contribution >= 0.6 is 27.5 Å². The molecule has 0 atom stereocenters. The van der Waals surface area contributed by atoms with E-state index >= 15 is 0 Å². The molecule has 0 amide bonds. The lowest BCUT2D eigenvalue weighted by molar-refractivity contribution is 0.292. The van der Waals surface area contributed by atoms with Crippen LogP contribution in [0.4, 0.5) is 0 Å². The van der Waals surface area contributed by atoms with E-state index in [1.54, 1.807) is 0 Å². The number of hydrogen-bond donors (Lipinski definition) is 0. The van der Waals surface area contributed by atoms with Gasteiger partial charge in [0, 0.05) is 16.5 Å². The summed E-state index contributed by atoms with van der Waals surface area (Å²) in [5.74, 6) is 1.64. The van der Waals surface area contributed by atoms with Gasteiger partial charge in [0.1, 0.15) is 18.1 Å². The molecule has 98 valence electrons. The van der Waals surface area contributed by atoms with Crippen LogP contribution in [0.2, 0.25) is 5.02 Å². The van der Waals surface area contributed by atoms with E-state index < -0.39 is 0 Å². The Morgan fingerprint density at radius 1 is 1.26 bits per heavy atom. The molecule has 0 radical (unpaired) electrons. The smallest absolute Gasteiger partial charge is 0.138 e. The Hall–Kier alpha value is -1.19. The van der Waals surface area contributed by atoms with Crippen molar-refractivity contribution >= 4 is 27.5 Å². The Balaban J connectivity index is 1.83. The van der Waals surface area contributed by atoms with Crippen LogP contribution in [0.25, 0.3) is 0 Å². The van der Waals surface area contributed by atoms with Gasteiger partial charge in [-0.3, -0.25) is 0 Å². The van der Waals surface area contributed by atoms with Crippen molar-refractivity contribution in [3.63, 3.8) is 0 Å². The zero-order chi connectivity index (χ0) is 13.2. The summed E-state index contributed by atoms with van der Waals surface area (Å²) in [6.07, 6.45) is 0.952. The first kappa shape index (κ1) is 12.8. The molecule has 2 nitrogen and oxygen atoms in total. The fourth-order valence-electron chi connectivity index (χ4n) is 2.17. The summed E-state index contributed by atoms with van der Waals surface area (Å²) in [4.78, 5) is 0. The molecule has 1 aliphatic heterocycles. The van der Waals surface area contributed by atoms with Crippen molar-refractivity contribution in [2.24, 2.45) is 0 Å². The van der Waals surface area contributed by atoms with Crippen LogP contribution in [0.5, 0.6) is 11.5 Å².